The zero-order chi connectivity index (χ0) is 10.8. The minimum Gasteiger partial charge on any atom is -0.383 e. The molecule has 0 amide bonds. The molecule has 0 spiro atoms. The van der Waals surface area contributed by atoms with E-state index in [1.54, 1.807) is 6.92 Å². The molecule has 3 nitrogen and oxygen atoms in total. The smallest absolute Gasteiger partial charge is 0.383 e. The van der Waals surface area contributed by atoms with E-state index in [9.17, 15) is 13.2 Å². The SMILES string of the molecule is COCCn1nc(C(F)(F)F)cc1C. The summed E-state index contributed by atoms with van der Waals surface area (Å²) in [6.07, 6.45) is -4.37. The number of methoxy groups -OCH3 is 1. The number of alkyl halides is 3. The highest BCUT2D eigenvalue weighted by Gasteiger charge is 2.34. The molecule has 0 radical (unpaired) electrons. The molecule has 1 aromatic heterocycles. The second kappa shape index (κ2) is 4.00. The molecule has 80 valence electrons. The number of aryl methyl sites for hydroxylation is 1. The summed E-state index contributed by atoms with van der Waals surface area (Å²) in [6.45, 7) is 2.26. The first-order valence-corrected chi connectivity index (χ1v) is 4.05. The van der Waals surface area contributed by atoms with Crippen LogP contribution in [0.5, 0.6) is 0 Å². The predicted octanol–water partition coefficient (Wildman–Crippen LogP) is 1.86. The van der Waals surface area contributed by atoms with Crippen LogP contribution in [0.3, 0.4) is 0 Å². The number of ether oxygens (including phenoxy) is 1. The summed E-state index contributed by atoms with van der Waals surface area (Å²) >= 11 is 0. The molecule has 0 saturated heterocycles. The van der Waals surface area contributed by atoms with Crippen molar-refractivity contribution in [2.24, 2.45) is 0 Å². The Kier molecular flexibility index (Phi) is 3.15. The molecular formula is C8H11F3N2O. The van der Waals surface area contributed by atoms with Crippen molar-refractivity contribution in [3.63, 3.8) is 0 Å². The summed E-state index contributed by atoms with van der Waals surface area (Å²) in [5.74, 6) is 0. The molecule has 6 heteroatoms. The standard InChI is InChI=1S/C8H11F3N2O/c1-6-5-7(8(9,10)11)12-13(6)3-4-14-2/h5H,3-4H2,1-2H3. The van der Waals surface area contributed by atoms with Gasteiger partial charge in [0.2, 0.25) is 0 Å². The van der Waals surface area contributed by atoms with Crippen LogP contribution in [0.25, 0.3) is 0 Å². The molecule has 0 unspecified atom stereocenters. The maximum absolute atomic E-state index is 12.2. The van der Waals surface area contributed by atoms with E-state index in [1.165, 1.54) is 11.8 Å². The lowest BCUT2D eigenvalue weighted by Gasteiger charge is -2.03. The maximum Gasteiger partial charge on any atom is 0.435 e. The van der Waals surface area contributed by atoms with Crippen LogP contribution in [-0.2, 0) is 17.5 Å². The first kappa shape index (κ1) is 11.0. The van der Waals surface area contributed by atoms with Crippen LogP contribution in [0.4, 0.5) is 13.2 Å². The molecule has 0 aliphatic carbocycles. The average molecular weight is 208 g/mol. The summed E-state index contributed by atoms with van der Waals surface area (Å²) in [5.41, 5.74) is -0.375. The quantitative estimate of drug-likeness (QED) is 0.758. The van der Waals surface area contributed by atoms with Gasteiger partial charge in [0, 0.05) is 12.8 Å². The lowest BCUT2D eigenvalue weighted by atomic mass is 10.4. The van der Waals surface area contributed by atoms with E-state index in [2.05, 4.69) is 5.10 Å². The van der Waals surface area contributed by atoms with Crippen molar-refractivity contribution < 1.29 is 17.9 Å². The van der Waals surface area contributed by atoms with Gasteiger partial charge in [-0.3, -0.25) is 4.68 Å². The molecule has 1 rings (SSSR count). The summed E-state index contributed by atoms with van der Waals surface area (Å²) < 4.78 is 42.6. The molecule has 14 heavy (non-hydrogen) atoms. The molecule has 0 fully saturated rings. The second-order valence-corrected chi connectivity index (χ2v) is 2.88. The Labute approximate surface area is 79.5 Å². The van der Waals surface area contributed by atoms with Crippen molar-refractivity contribution in [1.29, 1.82) is 0 Å². The van der Waals surface area contributed by atoms with Gasteiger partial charge in [-0.25, -0.2) is 0 Å². The molecule has 0 saturated carbocycles. The minimum atomic E-state index is -4.37. The van der Waals surface area contributed by atoms with E-state index in [0.29, 0.717) is 18.8 Å². The number of nitrogens with zero attached hydrogens (tertiary/aromatic N) is 2. The number of aromatic nitrogens is 2. The molecule has 0 aromatic carbocycles. The third-order valence-corrected chi connectivity index (χ3v) is 1.78. The molecule has 0 bridgehead atoms. The van der Waals surface area contributed by atoms with Crippen LogP contribution in [0.1, 0.15) is 11.4 Å². The van der Waals surface area contributed by atoms with Crippen molar-refractivity contribution in [3.8, 4) is 0 Å². The van der Waals surface area contributed by atoms with Gasteiger partial charge < -0.3 is 4.74 Å². The van der Waals surface area contributed by atoms with E-state index >= 15 is 0 Å². The van der Waals surface area contributed by atoms with Crippen molar-refractivity contribution in [2.45, 2.75) is 19.6 Å². The highest BCUT2D eigenvalue weighted by Crippen LogP contribution is 2.28. The fourth-order valence-corrected chi connectivity index (χ4v) is 1.05. The van der Waals surface area contributed by atoms with Crippen LogP contribution in [0.2, 0.25) is 0 Å². The third-order valence-electron chi connectivity index (χ3n) is 1.78. The van der Waals surface area contributed by atoms with Crippen LogP contribution >= 0.6 is 0 Å². The zero-order valence-electron chi connectivity index (χ0n) is 7.93. The van der Waals surface area contributed by atoms with E-state index in [4.69, 9.17) is 4.74 Å². The molecule has 0 aliphatic rings. The van der Waals surface area contributed by atoms with Crippen molar-refractivity contribution in [2.75, 3.05) is 13.7 Å². The van der Waals surface area contributed by atoms with Gasteiger partial charge in [0.15, 0.2) is 5.69 Å². The van der Waals surface area contributed by atoms with Gasteiger partial charge in [0.05, 0.1) is 13.2 Å². The van der Waals surface area contributed by atoms with E-state index < -0.39 is 11.9 Å². The molecule has 0 aliphatic heterocycles. The van der Waals surface area contributed by atoms with Gasteiger partial charge in [0.25, 0.3) is 0 Å². The molecule has 1 heterocycles. The fourth-order valence-electron chi connectivity index (χ4n) is 1.05. The summed E-state index contributed by atoms with van der Waals surface area (Å²) in [7, 11) is 1.49. The van der Waals surface area contributed by atoms with Gasteiger partial charge in [-0.15, -0.1) is 0 Å². The zero-order valence-corrected chi connectivity index (χ0v) is 7.93. The molecule has 1 aromatic rings. The van der Waals surface area contributed by atoms with Gasteiger partial charge in [-0.05, 0) is 13.0 Å². The van der Waals surface area contributed by atoms with E-state index in [-0.39, 0.29) is 0 Å². The number of hydrogen-bond acceptors (Lipinski definition) is 2. The van der Waals surface area contributed by atoms with Gasteiger partial charge in [-0.2, -0.15) is 18.3 Å². The van der Waals surface area contributed by atoms with E-state index in [0.717, 1.165) is 6.07 Å². The molecule has 0 N–H and O–H groups in total. The van der Waals surface area contributed by atoms with Gasteiger partial charge in [0.1, 0.15) is 0 Å². The second-order valence-electron chi connectivity index (χ2n) is 2.88. The topological polar surface area (TPSA) is 27.1 Å². The Morgan fingerprint density at radius 2 is 2.14 bits per heavy atom. The number of hydrogen-bond donors (Lipinski definition) is 0. The van der Waals surface area contributed by atoms with Crippen LogP contribution in [0, 0.1) is 6.92 Å². The Morgan fingerprint density at radius 1 is 1.50 bits per heavy atom. The average Bonchev–Trinajstić information content (AvgIpc) is 2.43. The summed E-state index contributed by atoms with van der Waals surface area (Å²) in [5, 5.41) is 3.43. The third kappa shape index (κ3) is 2.47. The highest BCUT2D eigenvalue weighted by atomic mass is 19.4. The van der Waals surface area contributed by atoms with Crippen LogP contribution in [-0.4, -0.2) is 23.5 Å². The Bertz CT molecular complexity index is 306. The predicted molar refractivity (Wildman–Crippen MR) is 43.8 cm³/mol. The monoisotopic (exact) mass is 208 g/mol. The van der Waals surface area contributed by atoms with E-state index in [1.807, 2.05) is 0 Å². The van der Waals surface area contributed by atoms with Crippen molar-refractivity contribution >= 4 is 0 Å². The van der Waals surface area contributed by atoms with Crippen molar-refractivity contribution in [3.05, 3.63) is 17.5 Å². The lowest BCUT2D eigenvalue weighted by Crippen LogP contribution is -2.10. The van der Waals surface area contributed by atoms with Crippen LogP contribution < -0.4 is 0 Å². The Hall–Kier alpha value is -1.04. The van der Waals surface area contributed by atoms with Gasteiger partial charge in [-0.1, -0.05) is 0 Å². The molecule has 0 atom stereocenters. The fraction of sp³-hybridized carbons (Fsp3) is 0.625. The molecular weight excluding hydrogens is 197 g/mol. The first-order chi connectivity index (χ1) is 6.45. The summed E-state index contributed by atoms with van der Waals surface area (Å²) in [4.78, 5) is 0. The number of halogens is 3. The minimum absolute atomic E-state index is 0.332. The highest BCUT2D eigenvalue weighted by molar-refractivity contribution is 5.11. The number of rotatable bonds is 3. The van der Waals surface area contributed by atoms with Crippen LogP contribution in [0.15, 0.2) is 6.07 Å². The van der Waals surface area contributed by atoms with Crippen molar-refractivity contribution in [1.82, 2.24) is 9.78 Å². The summed E-state index contributed by atoms with van der Waals surface area (Å²) in [6, 6.07) is 1.02. The van der Waals surface area contributed by atoms with Gasteiger partial charge >= 0.3 is 6.18 Å². The first-order valence-electron chi connectivity index (χ1n) is 4.05. The lowest BCUT2D eigenvalue weighted by molar-refractivity contribution is -0.141. The largest absolute Gasteiger partial charge is 0.435 e. The maximum atomic E-state index is 12.2. The Morgan fingerprint density at radius 3 is 2.57 bits per heavy atom. The normalized spacial score (nSPS) is 12.1. The Balaban J connectivity index is 2.82.